The van der Waals surface area contributed by atoms with Gasteiger partial charge in [-0.05, 0) is 37.0 Å². The van der Waals surface area contributed by atoms with Gasteiger partial charge in [-0.2, -0.15) is 5.10 Å². The zero-order valence-corrected chi connectivity index (χ0v) is 9.76. The second-order valence-corrected chi connectivity index (χ2v) is 4.39. The molecule has 0 amide bonds. The van der Waals surface area contributed by atoms with Crippen LogP contribution in [-0.2, 0) is 0 Å². The topological polar surface area (TPSA) is 31.9 Å². The Kier molecular flexibility index (Phi) is 2.82. The van der Waals surface area contributed by atoms with Crippen molar-refractivity contribution in [1.82, 2.24) is 10.2 Å². The molecule has 1 aliphatic rings. The number of nitrogens with zero attached hydrogens (tertiary/aromatic N) is 2. The summed E-state index contributed by atoms with van der Waals surface area (Å²) >= 11 is 0. The third-order valence-corrected chi connectivity index (χ3v) is 3.27. The van der Waals surface area contributed by atoms with Crippen LogP contribution in [0, 0.1) is 6.42 Å². The van der Waals surface area contributed by atoms with Crippen molar-refractivity contribution in [2.24, 2.45) is 0 Å². The maximum Gasteiger partial charge on any atom is 0.0565 e. The minimum absolute atomic E-state index is 1.14. The number of anilines is 1. The molecule has 0 spiro atoms. The summed E-state index contributed by atoms with van der Waals surface area (Å²) in [7, 11) is 0. The van der Waals surface area contributed by atoms with Gasteiger partial charge in [0.15, 0.2) is 0 Å². The van der Waals surface area contributed by atoms with Gasteiger partial charge in [0.25, 0.3) is 0 Å². The summed E-state index contributed by atoms with van der Waals surface area (Å²) in [6.07, 6.45) is 8.54. The van der Waals surface area contributed by atoms with Gasteiger partial charge < -0.3 is 4.90 Å². The number of piperidine rings is 1. The Balaban J connectivity index is 1.80. The number of H-pyrrole nitrogens is 1. The van der Waals surface area contributed by atoms with E-state index in [2.05, 4.69) is 45.8 Å². The van der Waals surface area contributed by atoms with Gasteiger partial charge >= 0.3 is 0 Å². The summed E-state index contributed by atoms with van der Waals surface area (Å²) in [4.78, 5) is 2.44. The summed E-state index contributed by atoms with van der Waals surface area (Å²) in [6.45, 7) is 2.29. The highest BCUT2D eigenvalue weighted by Crippen LogP contribution is 2.24. The highest BCUT2D eigenvalue weighted by atomic mass is 15.1. The molecule has 3 rings (SSSR count). The lowest BCUT2D eigenvalue weighted by atomic mass is 10.1. The summed E-state index contributed by atoms with van der Waals surface area (Å²) in [6, 6.07) is 8.73. The number of nitrogens with one attached hydrogen (secondary N) is 1. The van der Waals surface area contributed by atoms with E-state index in [9.17, 15) is 0 Å². The molecule has 1 N–H and O–H groups in total. The van der Waals surface area contributed by atoms with Crippen molar-refractivity contribution in [2.75, 3.05) is 18.0 Å². The zero-order valence-electron chi connectivity index (χ0n) is 9.76. The Morgan fingerprint density at radius 3 is 2.41 bits per heavy atom. The fraction of sp³-hybridized carbons (Fsp3) is 0.286. The molecule has 0 atom stereocenters. The third-order valence-electron chi connectivity index (χ3n) is 3.27. The monoisotopic (exact) mass is 226 g/mol. The SMILES string of the molecule is [CH]1CCN(c2ccc(-c3cn[nH]c3)cc2)CC1. The van der Waals surface area contributed by atoms with Crippen LogP contribution in [0.5, 0.6) is 0 Å². The Morgan fingerprint density at radius 2 is 1.76 bits per heavy atom. The average Bonchev–Trinajstić information content (AvgIpc) is 2.94. The molecule has 0 saturated carbocycles. The first-order chi connectivity index (χ1) is 8.43. The second-order valence-electron chi connectivity index (χ2n) is 4.39. The van der Waals surface area contributed by atoms with Gasteiger partial charge in [0.05, 0.1) is 6.20 Å². The average molecular weight is 226 g/mol. The fourth-order valence-corrected chi connectivity index (χ4v) is 2.28. The van der Waals surface area contributed by atoms with Gasteiger partial charge in [-0.15, -0.1) is 0 Å². The molecule has 1 fully saturated rings. The molecule has 1 saturated heterocycles. The Labute approximate surface area is 101 Å². The second kappa shape index (κ2) is 4.62. The van der Waals surface area contributed by atoms with E-state index in [1.165, 1.54) is 24.1 Å². The number of benzene rings is 1. The third kappa shape index (κ3) is 2.18. The Morgan fingerprint density at radius 1 is 1.00 bits per heavy atom. The van der Waals surface area contributed by atoms with Crippen LogP contribution in [-0.4, -0.2) is 23.3 Å². The molecule has 87 valence electrons. The highest BCUT2D eigenvalue weighted by Gasteiger charge is 2.10. The molecule has 3 heteroatoms. The lowest BCUT2D eigenvalue weighted by Crippen LogP contribution is -2.29. The van der Waals surface area contributed by atoms with Crippen molar-refractivity contribution in [3.05, 3.63) is 43.1 Å². The van der Waals surface area contributed by atoms with Crippen LogP contribution >= 0.6 is 0 Å². The van der Waals surface area contributed by atoms with Gasteiger partial charge in [-0.25, -0.2) is 0 Å². The largest absolute Gasteiger partial charge is 0.372 e. The molecule has 0 bridgehead atoms. The van der Waals surface area contributed by atoms with E-state index in [0.29, 0.717) is 0 Å². The number of rotatable bonds is 2. The zero-order chi connectivity index (χ0) is 11.5. The van der Waals surface area contributed by atoms with Crippen LogP contribution in [0.3, 0.4) is 0 Å². The van der Waals surface area contributed by atoms with Gasteiger partial charge in [-0.1, -0.05) is 12.1 Å². The van der Waals surface area contributed by atoms with Crippen LogP contribution in [0.25, 0.3) is 11.1 Å². The van der Waals surface area contributed by atoms with Crippen LogP contribution < -0.4 is 4.90 Å². The summed E-state index contributed by atoms with van der Waals surface area (Å²) in [5, 5.41) is 6.81. The molecule has 1 aromatic heterocycles. The maximum atomic E-state index is 3.97. The normalized spacial score (nSPS) is 16.1. The lowest BCUT2D eigenvalue weighted by Gasteiger charge is -2.28. The lowest BCUT2D eigenvalue weighted by molar-refractivity contribution is 0.679. The molecule has 0 aliphatic carbocycles. The Bertz CT molecular complexity index is 453. The molecular weight excluding hydrogens is 210 g/mol. The minimum atomic E-state index is 1.14. The molecule has 17 heavy (non-hydrogen) atoms. The number of hydrogen-bond donors (Lipinski definition) is 1. The molecule has 1 aromatic carbocycles. The van der Waals surface area contributed by atoms with Crippen LogP contribution in [0.15, 0.2) is 36.7 Å². The van der Waals surface area contributed by atoms with Crippen LogP contribution in [0.4, 0.5) is 5.69 Å². The van der Waals surface area contributed by atoms with E-state index in [0.717, 1.165) is 18.7 Å². The van der Waals surface area contributed by atoms with Crippen LogP contribution in [0.1, 0.15) is 12.8 Å². The summed E-state index contributed by atoms with van der Waals surface area (Å²) in [5.74, 6) is 0. The number of hydrogen-bond acceptors (Lipinski definition) is 2. The maximum absolute atomic E-state index is 3.97. The van der Waals surface area contributed by atoms with E-state index in [1.807, 2.05) is 12.4 Å². The molecule has 0 unspecified atom stereocenters. The standard InChI is InChI=1S/C14H16N3/c1-2-8-17(9-3-1)14-6-4-12(5-7-14)13-10-15-16-11-13/h1,4-7,10-11H,2-3,8-9H2,(H,15,16). The molecule has 1 aliphatic heterocycles. The van der Waals surface area contributed by atoms with Gasteiger partial charge in [0.1, 0.15) is 0 Å². The molecule has 2 aromatic rings. The predicted molar refractivity (Wildman–Crippen MR) is 69.8 cm³/mol. The fourth-order valence-electron chi connectivity index (χ4n) is 2.28. The van der Waals surface area contributed by atoms with Crippen molar-refractivity contribution in [1.29, 1.82) is 0 Å². The van der Waals surface area contributed by atoms with Gasteiger partial charge in [-0.3, -0.25) is 5.10 Å². The van der Waals surface area contributed by atoms with E-state index < -0.39 is 0 Å². The smallest absolute Gasteiger partial charge is 0.0565 e. The first-order valence-corrected chi connectivity index (χ1v) is 6.09. The quantitative estimate of drug-likeness (QED) is 0.853. The van der Waals surface area contributed by atoms with Crippen molar-refractivity contribution in [2.45, 2.75) is 12.8 Å². The van der Waals surface area contributed by atoms with E-state index in [-0.39, 0.29) is 0 Å². The number of aromatic amines is 1. The number of aromatic nitrogens is 2. The molecule has 2 heterocycles. The highest BCUT2D eigenvalue weighted by molar-refractivity contribution is 5.65. The van der Waals surface area contributed by atoms with Crippen molar-refractivity contribution in [3.63, 3.8) is 0 Å². The van der Waals surface area contributed by atoms with Crippen molar-refractivity contribution < 1.29 is 0 Å². The first-order valence-electron chi connectivity index (χ1n) is 6.09. The molecule has 3 nitrogen and oxygen atoms in total. The van der Waals surface area contributed by atoms with Gasteiger partial charge in [0.2, 0.25) is 0 Å². The summed E-state index contributed by atoms with van der Waals surface area (Å²) in [5.41, 5.74) is 3.68. The Hall–Kier alpha value is -1.77. The van der Waals surface area contributed by atoms with Gasteiger partial charge in [0, 0.05) is 30.5 Å². The van der Waals surface area contributed by atoms with E-state index >= 15 is 0 Å². The minimum Gasteiger partial charge on any atom is -0.372 e. The van der Waals surface area contributed by atoms with Crippen LogP contribution in [0.2, 0.25) is 0 Å². The van der Waals surface area contributed by atoms with Crippen molar-refractivity contribution in [3.8, 4) is 11.1 Å². The van der Waals surface area contributed by atoms with E-state index in [4.69, 9.17) is 0 Å². The predicted octanol–water partition coefficient (Wildman–Crippen LogP) is 2.88. The van der Waals surface area contributed by atoms with Crippen molar-refractivity contribution >= 4 is 5.69 Å². The first kappa shape index (κ1) is 10.4. The molecule has 1 radical (unpaired) electrons. The summed E-state index contributed by atoms with van der Waals surface area (Å²) < 4.78 is 0. The molecular formula is C14H16N3. The van der Waals surface area contributed by atoms with E-state index in [1.54, 1.807) is 0 Å².